The lowest BCUT2D eigenvalue weighted by Crippen LogP contribution is -2.13. The summed E-state index contributed by atoms with van der Waals surface area (Å²) in [7, 11) is 1.61. The standard InChI is InChI=1S/C11H16BrNO2/c1-3-13-7-9-10(12)5-4-6-11(9)15-8-14-2/h4-6,13H,3,7-8H2,1-2H3. The predicted octanol–water partition coefficient (Wildman–Crippen LogP) is 2.54. The fourth-order valence-electron chi connectivity index (χ4n) is 1.22. The maximum atomic E-state index is 5.47. The normalized spacial score (nSPS) is 10.3. The van der Waals surface area contributed by atoms with E-state index in [1.165, 1.54) is 0 Å². The summed E-state index contributed by atoms with van der Waals surface area (Å²) >= 11 is 3.51. The van der Waals surface area contributed by atoms with Gasteiger partial charge in [0, 0.05) is 23.7 Å². The van der Waals surface area contributed by atoms with Gasteiger partial charge >= 0.3 is 0 Å². The van der Waals surface area contributed by atoms with Crippen LogP contribution in [0.3, 0.4) is 0 Å². The average molecular weight is 274 g/mol. The Morgan fingerprint density at radius 1 is 1.40 bits per heavy atom. The first-order chi connectivity index (χ1) is 7.29. The van der Waals surface area contributed by atoms with Crippen LogP contribution in [-0.4, -0.2) is 20.4 Å². The third-order valence-corrected chi connectivity index (χ3v) is 2.70. The Labute approximate surface area is 98.9 Å². The van der Waals surface area contributed by atoms with Crippen LogP contribution in [0.15, 0.2) is 22.7 Å². The molecule has 0 aliphatic heterocycles. The second kappa shape index (κ2) is 6.82. The Balaban J connectivity index is 2.77. The highest BCUT2D eigenvalue weighted by Crippen LogP contribution is 2.26. The summed E-state index contributed by atoms with van der Waals surface area (Å²) in [6.45, 7) is 4.07. The Bertz CT molecular complexity index is 305. The van der Waals surface area contributed by atoms with Gasteiger partial charge in [0.1, 0.15) is 5.75 Å². The molecule has 0 heterocycles. The molecule has 1 aromatic rings. The van der Waals surface area contributed by atoms with Crippen LogP contribution in [-0.2, 0) is 11.3 Å². The van der Waals surface area contributed by atoms with Crippen molar-refractivity contribution < 1.29 is 9.47 Å². The Morgan fingerprint density at radius 2 is 2.20 bits per heavy atom. The van der Waals surface area contributed by atoms with Crippen molar-refractivity contribution >= 4 is 15.9 Å². The molecule has 4 heteroatoms. The van der Waals surface area contributed by atoms with Gasteiger partial charge in [-0.15, -0.1) is 0 Å². The molecule has 0 atom stereocenters. The zero-order chi connectivity index (χ0) is 11.1. The van der Waals surface area contributed by atoms with Gasteiger partial charge in [0.25, 0.3) is 0 Å². The van der Waals surface area contributed by atoms with Gasteiger partial charge < -0.3 is 14.8 Å². The molecule has 0 aromatic heterocycles. The minimum absolute atomic E-state index is 0.273. The topological polar surface area (TPSA) is 30.5 Å². The summed E-state index contributed by atoms with van der Waals surface area (Å²) in [5.41, 5.74) is 1.12. The average Bonchev–Trinajstić information content (AvgIpc) is 2.25. The van der Waals surface area contributed by atoms with E-state index < -0.39 is 0 Å². The van der Waals surface area contributed by atoms with E-state index in [2.05, 4.69) is 28.2 Å². The SMILES string of the molecule is CCNCc1c(Br)cccc1OCOC. The summed E-state index contributed by atoms with van der Waals surface area (Å²) in [4.78, 5) is 0. The van der Waals surface area contributed by atoms with E-state index in [-0.39, 0.29) is 6.79 Å². The van der Waals surface area contributed by atoms with Crippen LogP contribution < -0.4 is 10.1 Å². The molecule has 15 heavy (non-hydrogen) atoms. The number of nitrogens with one attached hydrogen (secondary N) is 1. The number of ether oxygens (including phenoxy) is 2. The van der Waals surface area contributed by atoms with E-state index in [4.69, 9.17) is 9.47 Å². The summed E-state index contributed by atoms with van der Waals surface area (Å²) in [6.07, 6.45) is 0. The maximum Gasteiger partial charge on any atom is 0.188 e. The smallest absolute Gasteiger partial charge is 0.188 e. The second-order valence-corrected chi connectivity index (χ2v) is 3.90. The van der Waals surface area contributed by atoms with Crippen molar-refractivity contribution in [2.45, 2.75) is 13.5 Å². The second-order valence-electron chi connectivity index (χ2n) is 3.05. The highest BCUT2D eigenvalue weighted by Gasteiger charge is 2.06. The minimum atomic E-state index is 0.273. The molecule has 0 saturated heterocycles. The molecule has 0 aliphatic rings. The third-order valence-electron chi connectivity index (χ3n) is 1.96. The molecule has 0 spiro atoms. The largest absolute Gasteiger partial charge is 0.467 e. The molecular formula is C11H16BrNO2. The zero-order valence-electron chi connectivity index (χ0n) is 9.05. The van der Waals surface area contributed by atoms with Gasteiger partial charge in [-0.2, -0.15) is 0 Å². The Kier molecular flexibility index (Phi) is 5.68. The first kappa shape index (κ1) is 12.5. The summed E-state index contributed by atoms with van der Waals surface area (Å²) in [5.74, 6) is 0.854. The third kappa shape index (κ3) is 3.81. The number of hydrogen-bond donors (Lipinski definition) is 1. The van der Waals surface area contributed by atoms with Crippen molar-refractivity contribution in [2.75, 3.05) is 20.4 Å². The van der Waals surface area contributed by atoms with Crippen LogP contribution in [0.25, 0.3) is 0 Å². The number of rotatable bonds is 6. The Hall–Kier alpha value is -0.580. The molecule has 0 amide bonds. The molecule has 84 valence electrons. The summed E-state index contributed by atoms with van der Waals surface area (Å²) in [6, 6.07) is 5.90. The first-order valence-corrected chi connectivity index (χ1v) is 5.68. The minimum Gasteiger partial charge on any atom is -0.467 e. The van der Waals surface area contributed by atoms with E-state index >= 15 is 0 Å². The lowest BCUT2D eigenvalue weighted by atomic mass is 10.2. The van der Waals surface area contributed by atoms with Gasteiger partial charge in [-0.25, -0.2) is 0 Å². The number of methoxy groups -OCH3 is 1. The van der Waals surface area contributed by atoms with Crippen molar-refractivity contribution in [1.29, 1.82) is 0 Å². The van der Waals surface area contributed by atoms with Crippen molar-refractivity contribution in [3.8, 4) is 5.75 Å². The monoisotopic (exact) mass is 273 g/mol. The molecule has 0 radical (unpaired) electrons. The van der Waals surface area contributed by atoms with Crippen LogP contribution in [0.5, 0.6) is 5.75 Å². The molecule has 3 nitrogen and oxygen atoms in total. The van der Waals surface area contributed by atoms with E-state index in [0.29, 0.717) is 0 Å². The quantitative estimate of drug-likeness (QED) is 0.809. The first-order valence-electron chi connectivity index (χ1n) is 4.89. The molecule has 0 aliphatic carbocycles. The number of benzene rings is 1. The van der Waals surface area contributed by atoms with Crippen LogP contribution in [0.1, 0.15) is 12.5 Å². The van der Waals surface area contributed by atoms with Crippen molar-refractivity contribution in [3.63, 3.8) is 0 Å². The van der Waals surface area contributed by atoms with Gasteiger partial charge in [-0.05, 0) is 18.7 Å². The van der Waals surface area contributed by atoms with Crippen LogP contribution >= 0.6 is 15.9 Å². The molecule has 0 bridgehead atoms. The van der Waals surface area contributed by atoms with E-state index in [0.717, 1.165) is 28.9 Å². The summed E-state index contributed by atoms with van der Waals surface area (Å²) < 4.78 is 11.4. The van der Waals surface area contributed by atoms with E-state index in [9.17, 15) is 0 Å². The number of halogens is 1. The van der Waals surface area contributed by atoms with Crippen LogP contribution in [0.4, 0.5) is 0 Å². The maximum absolute atomic E-state index is 5.47. The van der Waals surface area contributed by atoms with Crippen molar-refractivity contribution in [1.82, 2.24) is 5.32 Å². The predicted molar refractivity (Wildman–Crippen MR) is 64.0 cm³/mol. The summed E-state index contributed by atoms with van der Waals surface area (Å²) in [5, 5.41) is 3.27. The molecule has 0 fully saturated rings. The van der Waals surface area contributed by atoms with Gasteiger partial charge in [-0.1, -0.05) is 28.9 Å². The van der Waals surface area contributed by atoms with Gasteiger partial charge in [-0.3, -0.25) is 0 Å². The molecule has 1 rings (SSSR count). The van der Waals surface area contributed by atoms with E-state index in [1.54, 1.807) is 7.11 Å². The van der Waals surface area contributed by atoms with Crippen molar-refractivity contribution in [2.24, 2.45) is 0 Å². The highest BCUT2D eigenvalue weighted by atomic mass is 79.9. The number of hydrogen-bond acceptors (Lipinski definition) is 3. The molecule has 0 unspecified atom stereocenters. The van der Waals surface area contributed by atoms with Crippen molar-refractivity contribution in [3.05, 3.63) is 28.2 Å². The van der Waals surface area contributed by atoms with Crippen LogP contribution in [0, 0.1) is 0 Å². The highest BCUT2D eigenvalue weighted by molar-refractivity contribution is 9.10. The molecule has 1 aromatic carbocycles. The molecule has 0 saturated carbocycles. The van der Waals surface area contributed by atoms with Gasteiger partial charge in [0.15, 0.2) is 6.79 Å². The molecule has 1 N–H and O–H groups in total. The Morgan fingerprint density at radius 3 is 2.87 bits per heavy atom. The lowest BCUT2D eigenvalue weighted by molar-refractivity contribution is 0.0503. The zero-order valence-corrected chi connectivity index (χ0v) is 10.6. The van der Waals surface area contributed by atoms with Crippen LogP contribution in [0.2, 0.25) is 0 Å². The van der Waals surface area contributed by atoms with Gasteiger partial charge in [0.2, 0.25) is 0 Å². The molecular weight excluding hydrogens is 258 g/mol. The fraction of sp³-hybridized carbons (Fsp3) is 0.455. The van der Waals surface area contributed by atoms with Gasteiger partial charge in [0.05, 0.1) is 0 Å². The lowest BCUT2D eigenvalue weighted by Gasteiger charge is -2.12. The fourth-order valence-corrected chi connectivity index (χ4v) is 1.71. The van der Waals surface area contributed by atoms with E-state index in [1.807, 2.05) is 18.2 Å².